The number of rotatable bonds is 4. The summed E-state index contributed by atoms with van der Waals surface area (Å²) in [6.07, 6.45) is 3.03. The molecule has 0 saturated heterocycles. The first-order valence-electron chi connectivity index (χ1n) is 6.17. The van der Waals surface area contributed by atoms with E-state index in [-0.39, 0.29) is 14.4 Å². The normalized spacial score (nSPS) is 12.7. The van der Waals surface area contributed by atoms with E-state index >= 15 is 0 Å². The van der Waals surface area contributed by atoms with Crippen molar-refractivity contribution in [3.8, 4) is 0 Å². The Balaban J connectivity index is 3.07. The maximum absolute atomic E-state index is 12.8. The third-order valence-electron chi connectivity index (χ3n) is 3.06. The Kier molecular flexibility index (Phi) is 4.56. The van der Waals surface area contributed by atoms with Crippen molar-refractivity contribution in [2.45, 2.75) is 19.0 Å². The third-order valence-corrected chi connectivity index (χ3v) is 7.88. The van der Waals surface area contributed by atoms with Crippen LogP contribution in [0.25, 0.3) is 10.2 Å². The maximum atomic E-state index is 12.8. The second-order valence-corrected chi connectivity index (χ2v) is 10.7. The van der Waals surface area contributed by atoms with Crippen molar-refractivity contribution in [3.63, 3.8) is 0 Å². The Labute approximate surface area is 142 Å². The lowest BCUT2D eigenvalue weighted by molar-refractivity contribution is 0.562. The minimum absolute atomic E-state index is 0.0143. The average Bonchev–Trinajstić information content (AvgIpc) is 2.65. The maximum Gasteiger partial charge on any atom is 0.283 e. The molecular weight excluding hydrogens is 382 g/mol. The first-order chi connectivity index (χ1) is 10.4. The second kappa shape index (κ2) is 5.76. The molecule has 0 fully saturated rings. The van der Waals surface area contributed by atoms with Gasteiger partial charge in [0.05, 0.1) is 17.9 Å². The van der Waals surface area contributed by atoms with Crippen LogP contribution in [-0.2, 0) is 20.0 Å². The molecule has 0 unspecified atom stereocenters. The molecule has 2 rings (SSSR count). The van der Waals surface area contributed by atoms with E-state index in [4.69, 9.17) is 0 Å². The lowest BCUT2D eigenvalue weighted by Crippen LogP contribution is -2.50. The Morgan fingerprint density at radius 2 is 1.65 bits per heavy atom. The molecule has 2 heterocycles. The van der Waals surface area contributed by atoms with Gasteiger partial charge in [-0.15, -0.1) is 11.3 Å². The van der Waals surface area contributed by atoms with Gasteiger partial charge in [-0.25, -0.2) is 21.8 Å². The van der Waals surface area contributed by atoms with Gasteiger partial charge in [0.15, 0.2) is 5.16 Å². The van der Waals surface area contributed by atoms with Crippen molar-refractivity contribution in [1.82, 2.24) is 9.66 Å². The molecule has 8 nitrogen and oxygen atoms in total. The fraction of sp³-hybridized carbons (Fsp3) is 0.455. The molecular formula is C11H15N3O5S4. The molecule has 2 aromatic heterocycles. The fourth-order valence-electron chi connectivity index (χ4n) is 2.09. The van der Waals surface area contributed by atoms with E-state index < -0.39 is 25.6 Å². The zero-order valence-electron chi connectivity index (χ0n) is 13.0. The van der Waals surface area contributed by atoms with Crippen LogP contribution in [0.3, 0.4) is 0 Å². The third kappa shape index (κ3) is 3.12. The SMILES string of the molecule is CSc1nc2sc(C)c(C)c2c(=O)n1N(S(C)(=O)=O)S(C)(=O)=O. The van der Waals surface area contributed by atoms with Gasteiger partial charge in [0, 0.05) is 4.88 Å². The highest BCUT2D eigenvalue weighted by atomic mass is 32.3. The summed E-state index contributed by atoms with van der Waals surface area (Å²) in [5.74, 6) is 0. The number of thiophene rings is 1. The molecule has 0 aromatic carbocycles. The van der Waals surface area contributed by atoms with E-state index in [2.05, 4.69) is 4.98 Å². The molecule has 0 spiro atoms. The number of hydrogen-bond acceptors (Lipinski definition) is 8. The first-order valence-corrected chi connectivity index (χ1v) is 11.9. The van der Waals surface area contributed by atoms with Crippen molar-refractivity contribution in [2.75, 3.05) is 22.6 Å². The Hall–Kier alpha value is -1.11. The lowest BCUT2D eigenvalue weighted by atomic mass is 10.2. The summed E-state index contributed by atoms with van der Waals surface area (Å²) < 4.78 is 48.6. The summed E-state index contributed by atoms with van der Waals surface area (Å²) in [4.78, 5) is 18.4. The highest BCUT2D eigenvalue weighted by molar-refractivity contribution is 8.09. The van der Waals surface area contributed by atoms with Crippen LogP contribution in [0.1, 0.15) is 10.4 Å². The van der Waals surface area contributed by atoms with Crippen LogP contribution in [0.4, 0.5) is 0 Å². The molecule has 12 heteroatoms. The van der Waals surface area contributed by atoms with Crippen LogP contribution >= 0.6 is 23.1 Å². The topological polar surface area (TPSA) is 106 Å². The summed E-state index contributed by atoms with van der Waals surface area (Å²) in [5, 5.41) is 0.210. The number of fused-ring (bicyclic) bond motifs is 1. The highest BCUT2D eigenvalue weighted by Gasteiger charge is 2.32. The van der Waals surface area contributed by atoms with Gasteiger partial charge in [0.25, 0.3) is 25.6 Å². The predicted molar refractivity (Wildman–Crippen MR) is 93.0 cm³/mol. The minimum Gasteiger partial charge on any atom is -0.267 e. The van der Waals surface area contributed by atoms with Crippen LogP contribution < -0.4 is 9.38 Å². The number of sulfonamides is 2. The zero-order chi connectivity index (χ0) is 17.7. The van der Waals surface area contributed by atoms with Gasteiger partial charge in [0.1, 0.15) is 4.83 Å². The van der Waals surface area contributed by atoms with Crippen molar-refractivity contribution in [2.24, 2.45) is 0 Å². The molecule has 0 aliphatic carbocycles. The van der Waals surface area contributed by atoms with Crippen molar-refractivity contribution in [3.05, 3.63) is 20.8 Å². The minimum atomic E-state index is -4.25. The summed E-state index contributed by atoms with van der Waals surface area (Å²) >= 11 is 2.29. The van der Waals surface area contributed by atoms with Crippen molar-refractivity contribution in [1.29, 1.82) is 0 Å². The Morgan fingerprint density at radius 3 is 2.09 bits per heavy atom. The number of thioether (sulfide) groups is 1. The molecule has 0 bridgehead atoms. The van der Waals surface area contributed by atoms with Crippen molar-refractivity contribution < 1.29 is 16.8 Å². The number of nitrogens with zero attached hydrogens (tertiary/aromatic N) is 3. The predicted octanol–water partition coefficient (Wildman–Crippen LogP) is 0.654. The summed E-state index contributed by atoms with van der Waals surface area (Å²) in [5.41, 5.74) is -0.0668. The van der Waals surface area contributed by atoms with Crippen LogP contribution in [0.15, 0.2) is 9.95 Å². The second-order valence-electron chi connectivity index (χ2n) is 4.88. The molecule has 0 aliphatic rings. The van der Waals surface area contributed by atoms with Gasteiger partial charge in [-0.3, -0.25) is 4.79 Å². The van der Waals surface area contributed by atoms with Gasteiger partial charge in [0.2, 0.25) is 0 Å². The van der Waals surface area contributed by atoms with Gasteiger partial charge < -0.3 is 0 Å². The molecule has 0 radical (unpaired) electrons. The number of hydrogen-bond donors (Lipinski definition) is 0. The molecule has 23 heavy (non-hydrogen) atoms. The van der Waals surface area contributed by atoms with Crippen molar-refractivity contribution >= 4 is 53.4 Å². The van der Waals surface area contributed by atoms with E-state index in [0.29, 0.717) is 15.1 Å². The molecule has 0 atom stereocenters. The largest absolute Gasteiger partial charge is 0.283 e. The average molecular weight is 398 g/mol. The fourth-order valence-corrected chi connectivity index (χ4v) is 6.65. The highest BCUT2D eigenvalue weighted by Crippen LogP contribution is 2.28. The number of aryl methyl sites for hydroxylation is 2. The quantitative estimate of drug-likeness (QED) is 0.551. The summed E-state index contributed by atoms with van der Waals surface area (Å²) in [6, 6.07) is 0. The monoisotopic (exact) mass is 397 g/mol. The number of aromatic nitrogens is 2. The molecule has 0 aliphatic heterocycles. The van der Waals surface area contributed by atoms with E-state index in [0.717, 1.165) is 29.2 Å². The molecule has 0 N–H and O–H groups in total. The van der Waals surface area contributed by atoms with E-state index in [9.17, 15) is 21.6 Å². The first kappa shape index (κ1) is 18.2. The van der Waals surface area contributed by atoms with Gasteiger partial charge in [-0.2, -0.15) is 4.68 Å². The van der Waals surface area contributed by atoms with Gasteiger partial charge in [-0.05, 0) is 25.7 Å². The zero-order valence-corrected chi connectivity index (χ0v) is 16.3. The van der Waals surface area contributed by atoms with Gasteiger partial charge >= 0.3 is 0 Å². The lowest BCUT2D eigenvalue weighted by Gasteiger charge is -2.23. The van der Waals surface area contributed by atoms with Crippen LogP contribution in [0.5, 0.6) is 0 Å². The molecule has 0 saturated carbocycles. The van der Waals surface area contributed by atoms with E-state index in [1.54, 1.807) is 13.2 Å². The van der Waals surface area contributed by atoms with Crippen LogP contribution in [0.2, 0.25) is 0 Å². The molecule has 0 amide bonds. The standard InChI is InChI=1S/C11H15N3O5S4/c1-6-7(2)21-9-8(6)10(15)13(11(12-9)20-3)14(22(4,16)17)23(5,18)19/h1-5H3. The van der Waals surface area contributed by atoms with Crippen LogP contribution in [0, 0.1) is 13.8 Å². The van der Waals surface area contributed by atoms with Crippen LogP contribution in [-0.4, -0.2) is 45.3 Å². The Morgan fingerprint density at radius 1 is 1.13 bits per heavy atom. The Bertz CT molecular complexity index is 1020. The molecule has 2 aromatic rings. The molecule has 128 valence electrons. The van der Waals surface area contributed by atoms with E-state index in [1.165, 1.54) is 11.3 Å². The van der Waals surface area contributed by atoms with E-state index in [1.807, 2.05) is 6.92 Å². The summed E-state index contributed by atoms with van der Waals surface area (Å²) in [7, 11) is -8.49. The van der Waals surface area contributed by atoms with Gasteiger partial charge in [-0.1, -0.05) is 15.6 Å². The summed E-state index contributed by atoms with van der Waals surface area (Å²) in [6.45, 7) is 3.53. The smallest absolute Gasteiger partial charge is 0.267 e.